The van der Waals surface area contributed by atoms with E-state index in [1.165, 1.54) is 40.8 Å². The first-order chi connectivity index (χ1) is 12.6. The van der Waals surface area contributed by atoms with Crippen LogP contribution in [0.25, 0.3) is 0 Å². The number of nitriles is 1. The van der Waals surface area contributed by atoms with Crippen molar-refractivity contribution in [1.29, 1.82) is 5.26 Å². The maximum atomic E-state index is 9.25. The monoisotopic (exact) mass is 348 g/mol. The lowest BCUT2D eigenvalue weighted by atomic mass is 9.97. The Balaban J connectivity index is 2.02. The third kappa shape index (κ3) is 5.36. The van der Waals surface area contributed by atoms with E-state index < -0.39 is 0 Å². The average molecular weight is 349 g/mol. The summed E-state index contributed by atoms with van der Waals surface area (Å²) in [5.74, 6) is 0. The minimum absolute atomic E-state index is 0.486. The lowest BCUT2D eigenvalue weighted by Gasteiger charge is -2.22. The van der Waals surface area contributed by atoms with Gasteiger partial charge in [0.1, 0.15) is 0 Å². The predicted octanol–water partition coefficient (Wildman–Crippen LogP) is 6.34. The molecule has 26 heavy (non-hydrogen) atoms. The highest BCUT2D eigenvalue weighted by molar-refractivity contribution is 5.55. The first-order valence-corrected chi connectivity index (χ1v) is 9.93. The first-order valence-electron chi connectivity index (χ1n) is 9.93. The fourth-order valence-corrected chi connectivity index (χ4v) is 3.68. The van der Waals surface area contributed by atoms with Crippen LogP contribution in [0, 0.1) is 25.2 Å². The van der Waals surface area contributed by atoms with Crippen molar-refractivity contribution >= 4 is 5.69 Å². The van der Waals surface area contributed by atoms with Gasteiger partial charge in [0.05, 0.1) is 11.6 Å². The molecule has 0 heterocycles. The van der Waals surface area contributed by atoms with Crippen LogP contribution in [-0.2, 0) is 12.8 Å². The molecule has 0 saturated carbocycles. The van der Waals surface area contributed by atoms with Gasteiger partial charge in [0.2, 0.25) is 0 Å². The molecule has 0 saturated heterocycles. The molecule has 0 aliphatic rings. The number of hydrogen-bond acceptors (Lipinski definition) is 2. The lowest BCUT2D eigenvalue weighted by molar-refractivity contribution is 0.569. The van der Waals surface area contributed by atoms with Gasteiger partial charge >= 0.3 is 0 Å². The number of aryl methyl sites for hydroxylation is 4. The van der Waals surface area contributed by atoms with Crippen molar-refractivity contribution in [2.75, 3.05) is 5.32 Å². The summed E-state index contributed by atoms with van der Waals surface area (Å²) in [4.78, 5) is 0. The van der Waals surface area contributed by atoms with Crippen LogP contribution in [0.3, 0.4) is 0 Å². The number of anilines is 1. The van der Waals surface area contributed by atoms with Crippen molar-refractivity contribution in [2.45, 2.75) is 72.3 Å². The Morgan fingerprint density at radius 2 is 1.77 bits per heavy atom. The van der Waals surface area contributed by atoms with Crippen LogP contribution in [0.15, 0.2) is 36.4 Å². The van der Waals surface area contributed by atoms with Gasteiger partial charge in [-0.2, -0.15) is 5.26 Å². The molecular weight excluding hydrogens is 316 g/mol. The van der Waals surface area contributed by atoms with Crippen LogP contribution in [0.5, 0.6) is 0 Å². The summed E-state index contributed by atoms with van der Waals surface area (Å²) >= 11 is 0. The van der Waals surface area contributed by atoms with Gasteiger partial charge < -0.3 is 5.32 Å². The van der Waals surface area contributed by atoms with Gasteiger partial charge in [-0.25, -0.2) is 0 Å². The van der Waals surface area contributed by atoms with Gasteiger partial charge in [-0.1, -0.05) is 44.5 Å². The van der Waals surface area contributed by atoms with Crippen molar-refractivity contribution in [1.82, 2.24) is 0 Å². The normalized spacial score (nSPS) is 11.8. The topological polar surface area (TPSA) is 35.8 Å². The van der Waals surface area contributed by atoms with E-state index in [-0.39, 0.29) is 0 Å². The Labute approximate surface area is 159 Å². The Morgan fingerprint density at radius 3 is 2.46 bits per heavy atom. The van der Waals surface area contributed by atoms with Crippen molar-refractivity contribution in [3.05, 3.63) is 64.2 Å². The summed E-state index contributed by atoms with van der Waals surface area (Å²) in [5, 5.41) is 13.0. The van der Waals surface area contributed by atoms with E-state index in [1.54, 1.807) is 0 Å². The van der Waals surface area contributed by atoms with Crippen molar-refractivity contribution in [3.63, 3.8) is 0 Å². The third-order valence-corrected chi connectivity index (χ3v) is 5.20. The fraction of sp³-hybridized carbons (Fsp3) is 0.458. The molecule has 138 valence electrons. The van der Waals surface area contributed by atoms with E-state index in [9.17, 15) is 5.26 Å². The fourth-order valence-electron chi connectivity index (χ4n) is 3.68. The van der Waals surface area contributed by atoms with Gasteiger partial charge in [0.15, 0.2) is 0 Å². The summed E-state index contributed by atoms with van der Waals surface area (Å²) in [6.07, 6.45) is 6.62. The van der Waals surface area contributed by atoms with Crippen LogP contribution in [0.1, 0.15) is 67.3 Å². The van der Waals surface area contributed by atoms with Crippen molar-refractivity contribution in [3.8, 4) is 6.07 Å². The average Bonchev–Trinajstić information content (AvgIpc) is 2.64. The highest BCUT2D eigenvalue weighted by Gasteiger charge is 2.11. The van der Waals surface area contributed by atoms with Gasteiger partial charge in [-0.05, 0) is 80.3 Å². The second-order valence-electron chi connectivity index (χ2n) is 7.24. The van der Waals surface area contributed by atoms with Crippen LogP contribution in [0.4, 0.5) is 5.69 Å². The maximum Gasteiger partial charge on any atom is 0.0994 e. The Morgan fingerprint density at radius 1 is 1.00 bits per heavy atom. The maximum absolute atomic E-state index is 9.25. The molecule has 1 N–H and O–H groups in total. The molecule has 2 aromatic rings. The second-order valence-corrected chi connectivity index (χ2v) is 7.24. The molecule has 0 spiro atoms. The van der Waals surface area contributed by atoms with Gasteiger partial charge in [-0.15, -0.1) is 0 Å². The van der Waals surface area contributed by atoms with Gasteiger partial charge in [0.25, 0.3) is 0 Å². The predicted molar refractivity (Wildman–Crippen MR) is 112 cm³/mol. The van der Waals surface area contributed by atoms with Crippen molar-refractivity contribution in [2.24, 2.45) is 0 Å². The van der Waals surface area contributed by atoms with Crippen LogP contribution in [-0.4, -0.2) is 6.04 Å². The standard InChI is InChI=1S/C24H32N2/c1-5-10-23(14-9-13-21-11-7-8-12-22(21)17-25)26-24-16-20(6-2)18(3)15-19(24)4/h7-8,11-12,15-16,23,26H,5-6,9-10,13-14H2,1-4H3. The van der Waals surface area contributed by atoms with Gasteiger partial charge in [-0.3, -0.25) is 0 Å². The Kier molecular flexibility index (Phi) is 7.73. The molecule has 2 nitrogen and oxygen atoms in total. The molecule has 1 atom stereocenters. The molecule has 2 aromatic carbocycles. The van der Waals surface area contributed by atoms with E-state index in [1.807, 2.05) is 18.2 Å². The third-order valence-electron chi connectivity index (χ3n) is 5.20. The molecule has 0 radical (unpaired) electrons. The molecule has 0 aromatic heterocycles. The van der Waals surface area contributed by atoms with E-state index in [2.05, 4.69) is 57.3 Å². The summed E-state index contributed by atoms with van der Waals surface area (Å²) in [7, 11) is 0. The van der Waals surface area contributed by atoms with Crippen LogP contribution < -0.4 is 5.32 Å². The number of benzene rings is 2. The van der Waals surface area contributed by atoms with Crippen molar-refractivity contribution < 1.29 is 0 Å². The summed E-state index contributed by atoms with van der Waals surface area (Å²) in [6.45, 7) is 8.86. The Bertz CT molecular complexity index is 755. The highest BCUT2D eigenvalue weighted by atomic mass is 14.9. The van der Waals surface area contributed by atoms with E-state index in [0.717, 1.165) is 31.2 Å². The zero-order valence-electron chi connectivity index (χ0n) is 16.7. The van der Waals surface area contributed by atoms with E-state index in [4.69, 9.17) is 0 Å². The summed E-state index contributed by atoms with van der Waals surface area (Å²) in [6, 6.07) is 15.4. The Hall–Kier alpha value is -2.27. The molecule has 2 rings (SSSR count). The second kappa shape index (κ2) is 10.0. The molecule has 0 fully saturated rings. The molecule has 0 bridgehead atoms. The summed E-state index contributed by atoms with van der Waals surface area (Å²) in [5.41, 5.74) is 7.41. The number of nitrogens with one attached hydrogen (secondary N) is 1. The molecular formula is C24H32N2. The molecule has 2 heteroatoms. The zero-order chi connectivity index (χ0) is 18.9. The molecule has 0 aliphatic heterocycles. The summed E-state index contributed by atoms with van der Waals surface area (Å²) < 4.78 is 0. The van der Waals surface area contributed by atoms with E-state index >= 15 is 0 Å². The first kappa shape index (κ1) is 20.0. The van der Waals surface area contributed by atoms with Crippen LogP contribution >= 0.6 is 0 Å². The van der Waals surface area contributed by atoms with Gasteiger partial charge in [0, 0.05) is 11.7 Å². The molecule has 1 unspecified atom stereocenters. The highest BCUT2D eigenvalue weighted by Crippen LogP contribution is 2.24. The minimum atomic E-state index is 0.486. The molecule has 0 amide bonds. The lowest BCUT2D eigenvalue weighted by Crippen LogP contribution is -2.20. The quantitative estimate of drug-likeness (QED) is 0.574. The zero-order valence-corrected chi connectivity index (χ0v) is 16.7. The minimum Gasteiger partial charge on any atom is -0.382 e. The molecule has 0 aliphatic carbocycles. The SMILES string of the molecule is CCCC(CCCc1ccccc1C#N)Nc1cc(CC)c(C)cc1C. The smallest absolute Gasteiger partial charge is 0.0994 e. The number of rotatable bonds is 9. The number of nitrogens with zero attached hydrogens (tertiary/aromatic N) is 1. The number of hydrogen-bond donors (Lipinski definition) is 1. The largest absolute Gasteiger partial charge is 0.382 e. The van der Waals surface area contributed by atoms with E-state index in [0.29, 0.717) is 6.04 Å². The van der Waals surface area contributed by atoms with Crippen LogP contribution in [0.2, 0.25) is 0 Å².